The summed E-state index contributed by atoms with van der Waals surface area (Å²) in [5, 5.41) is 2.87. The Morgan fingerprint density at radius 2 is 2.18 bits per heavy atom. The van der Waals surface area contributed by atoms with Gasteiger partial charge in [0.1, 0.15) is 0 Å². The SMILES string of the molecule is CCCOc1cccnc1C(=O)NC(C)(C)C. The molecule has 0 aromatic carbocycles. The van der Waals surface area contributed by atoms with Crippen LogP contribution in [0.3, 0.4) is 0 Å². The van der Waals surface area contributed by atoms with E-state index in [2.05, 4.69) is 10.3 Å². The van der Waals surface area contributed by atoms with Crippen LogP contribution in [0.5, 0.6) is 5.75 Å². The third kappa shape index (κ3) is 4.43. The highest BCUT2D eigenvalue weighted by atomic mass is 16.5. The van der Waals surface area contributed by atoms with E-state index in [1.54, 1.807) is 18.3 Å². The van der Waals surface area contributed by atoms with Gasteiger partial charge in [0.2, 0.25) is 0 Å². The molecule has 0 bridgehead atoms. The standard InChI is InChI=1S/C13H20N2O2/c1-5-9-17-10-7-6-8-14-11(10)12(16)15-13(2,3)4/h6-8H,5,9H2,1-4H3,(H,15,16). The Balaban J connectivity index is 2.85. The summed E-state index contributed by atoms with van der Waals surface area (Å²) in [7, 11) is 0. The summed E-state index contributed by atoms with van der Waals surface area (Å²) >= 11 is 0. The molecule has 0 saturated carbocycles. The van der Waals surface area contributed by atoms with E-state index in [4.69, 9.17) is 4.74 Å². The monoisotopic (exact) mass is 236 g/mol. The highest BCUT2D eigenvalue weighted by molar-refractivity contribution is 5.95. The smallest absolute Gasteiger partial charge is 0.274 e. The number of hydrogen-bond donors (Lipinski definition) is 1. The van der Waals surface area contributed by atoms with Gasteiger partial charge in [-0.25, -0.2) is 4.98 Å². The number of carbonyl (C=O) groups excluding carboxylic acids is 1. The molecule has 0 spiro atoms. The van der Waals surface area contributed by atoms with E-state index >= 15 is 0 Å². The summed E-state index contributed by atoms with van der Waals surface area (Å²) in [6, 6.07) is 3.53. The van der Waals surface area contributed by atoms with Crippen LogP contribution in [0.15, 0.2) is 18.3 Å². The number of hydrogen-bond acceptors (Lipinski definition) is 3. The molecule has 4 heteroatoms. The summed E-state index contributed by atoms with van der Waals surface area (Å²) in [5.41, 5.74) is 0.0623. The molecule has 4 nitrogen and oxygen atoms in total. The minimum atomic E-state index is -0.281. The quantitative estimate of drug-likeness (QED) is 0.873. The van der Waals surface area contributed by atoms with Gasteiger partial charge in [0.15, 0.2) is 11.4 Å². The molecule has 1 aromatic rings. The Bertz CT molecular complexity index is 383. The van der Waals surface area contributed by atoms with Crippen LogP contribution < -0.4 is 10.1 Å². The zero-order valence-corrected chi connectivity index (χ0v) is 10.9. The third-order valence-electron chi connectivity index (χ3n) is 1.94. The van der Waals surface area contributed by atoms with Crippen LogP contribution in [0.1, 0.15) is 44.6 Å². The Morgan fingerprint density at radius 3 is 2.76 bits per heavy atom. The van der Waals surface area contributed by atoms with E-state index in [1.165, 1.54) is 0 Å². The number of nitrogens with zero attached hydrogens (tertiary/aromatic N) is 1. The second kappa shape index (κ2) is 5.66. The van der Waals surface area contributed by atoms with Crippen molar-refractivity contribution in [2.75, 3.05) is 6.61 Å². The van der Waals surface area contributed by atoms with Gasteiger partial charge >= 0.3 is 0 Å². The molecule has 0 fully saturated rings. The molecular weight excluding hydrogens is 216 g/mol. The number of ether oxygens (including phenoxy) is 1. The highest BCUT2D eigenvalue weighted by Crippen LogP contribution is 2.16. The molecule has 1 amide bonds. The van der Waals surface area contributed by atoms with Gasteiger partial charge in [-0.1, -0.05) is 6.92 Å². The van der Waals surface area contributed by atoms with Crippen molar-refractivity contribution in [2.24, 2.45) is 0 Å². The van der Waals surface area contributed by atoms with Crippen molar-refractivity contribution in [3.8, 4) is 5.75 Å². The van der Waals surface area contributed by atoms with Gasteiger partial charge < -0.3 is 10.1 Å². The molecule has 17 heavy (non-hydrogen) atoms. The van der Waals surface area contributed by atoms with Gasteiger partial charge in [-0.15, -0.1) is 0 Å². The van der Waals surface area contributed by atoms with E-state index < -0.39 is 0 Å². The maximum absolute atomic E-state index is 12.0. The van der Waals surface area contributed by atoms with Gasteiger partial charge in [0.05, 0.1) is 6.61 Å². The van der Waals surface area contributed by atoms with Gasteiger partial charge in [-0.3, -0.25) is 4.79 Å². The van der Waals surface area contributed by atoms with Crippen molar-refractivity contribution in [3.05, 3.63) is 24.0 Å². The lowest BCUT2D eigenvalue weighted by Gasteiger charge is -2.20. The summed E-state index contributed by atoms with van der Waals surface area (Å²) in [5.74, 6) is 0.334. The van der Waals surface area contributed by atoms with E-state index in [-0.39, 0.29) is 11.4 Å². The van der Waals surface area contributed by atoms with E-state index in [9.17, 15) is 4.79 Å². The van der Waals surface area contributed by atoms with Gasteiger partial charge in [-0.05, 0) is 39.3 Å². The molecular formula is C13H20N2O2. The number of aromatic nitrogens is 1. The fourth-order valence-corrected chi connectivity index (χ4v) is 1.29. The molecule has 0 aliphatic rings. The molecule has 1 N–H and O–H groups in total. The zero-order chi connectivity index (χ0) is 12.9. The van der Waals surface area contributed by atoms with Crippen LogP contribution in [0.2, 0.25) is 0 Å². The van der Waals surface area contributed by atoms with Crippen LogP contribution in [0, 0.1) is 0 Å². The fourth-order valence-electron chi connectivity index (χ4n) is 1.29. The molecule has 0 unspecified atom stereocenters. The Hall–Kier alpha value is -1.58. The van der Waals surface area contributed by atoms with E-state index in [0.717, 1.165) is 6.42 Å². The lowest BCUT2D eigenvalue weighted by atomic mass is 10.1. The summed E-state index contributed by atoms with van der Waals surface area (Å²) in [6.07, 6.45) is 2.49. The predicted octanol–water partition coefficient (Wildman–Crippen LogP) is 2.40. The molecule has 0 radical (unpaired) electrons. The number of rotatable bonds is 4. The number of nitrogens with one attached hydrogen (secondary N) is 1. The average Bonchev–Trinajstić information content (AvgIpc) is 2.24. The second-order valence-electron chi connectivity index (χ2n) is 4.90. The normalized spacial score (nSPS) is 11.1. The topological polar surface area (TPSA) is 51.2 Å². The number of carbonyl (C=O) groups is 1. The first-order valence-electron chi connectivity index (χ1n) is 5.84. The number of amides is 1. The molecule has 1 rings (SSSR count). The van der Waals surface area contributed by atoms with Gasteiger partial charge in [0, 0.05) is 11.7 Å². The molecule has 0 aliphatic carbocycles. The first kappa shape index (κ1) is 13.5. The van der Waals surface area contributed by atoms with Crippen LogP contribution >= 0.6 is 0 Å². The molecule has 0 aliphatic heterocycles. The fraction of sp³-hybridized carbons (Fsp3) is 0.538. The third-order valence-corrected chi connectivity index (χ3v) is 1.94. The first-order valence-corrected chi connectivity index (χ1v) is 5.84. The Kier molecular flexibility index (Phi) is 4.49. The minimum Gasteiger partial charge on any atom is -0.491 e. The summed E-state index contributed by atoms with van der Waals surface area (Å²) in [6.45, 7) is 8.40. The minimum absolute atomic E-state index is 0.204. The Morgan fingerprint density at radius 1 is 1.47 bits per heavy atom. The van der Waals surface area contributed by atoms with Crippen LogP contribution in [0.25, 0.3) is 0 Å². The highest BCUT2D eigenvalue weighted by Gasteiger charge is 2.19. The van der Waals surface area contributed by atoms with Crippen molar-refractivity contribution in [3.63, 3.8) is 0 Å². The van der Waals surface area contributed by atoms with Gasteiger partial charge in [0.25, 0.3) is 5.91 Å². The largest absolute Gasteiger partial charge is 0.491 e. The molecule has 1 heterocycles. The maximum atomic E-state index is 12.0. The molecule has 0 atom stereocenters. The lowest BCUT2D eigenvalue weighted by Crippen LogP contribution is -2.41. The average molecular weight is 236 g/mol. The van der Waals surface area contributed by atoms with Crippen molar-refractivity contribution >= 4 is 5.91 Å². The van der Waals surface area contributed by atoms with Crippen molar-refractivity contribution < 1.29 is 9.53 Å². The van der Waals surface area contributed by atoms with E-state index in [0.29, 0.717) is 18.1 Å². The van der Waals surface area contributed by atoms with Crippen molar-refractivity contribution in [1.29, 1.82) is 0 Å². The zero-order valence-electron chi connectivity index (χ0n) is 10.9. The van der Waals surface area contributed by atoms with Crippen molar-refractivity contribution in [2.45, 2.75) is 39.7 Å². The van der Waals surface area contributed by atoms with Crippen LogP contribution in [-0.2, 0) is 0 Å². The van der Waals surface area contributed by atoms with Gasteiger partial charge in [-0.2, -0.15) is 0 Å². The first-order chi connectivity index (χ1) is 7.94. The molecule has 94 valence electrons. The van der Waals surface area contributed by atoms with E-state index in [1.807, 2.05) is 27.7 Å². The summed E-state index contributed by atoms with van der Waals surface area (Å²) < 4.78 is 5.50. The number of pyridine rings is 1. The Labute approximate surface area is 102 Å². The molecule has 0 saturated heterocycles. The second-order valence-corrected chi connectivity index (χ2v) is 4.90. The van der Waals surface area contributed by atoms with Crippen LogP contribution in [0.4, 0.5) is 0 Å². The van der Waals surface area contributed by atoms with Crippen LogP contribution in [-0.4, -0.2) is 23.0 Å². The lowest BCUT2D eigenvalue weighted by molar-refractivity contribution is 0.0910. The predicted molar refractivity (Wildman–Crippen MR) is 67.2 cm³/mol. The van der Waals surface area contributed by atoms with Crippen molar-refractivity contribution in [1.82, 2.24) is 10.3 Å². The maximum Gasteiger partial charge on any atom is 0.274 e. The summed E-state index contributed by atoms with van der Waals surface area (Å²) in [4.78, 5) is 16.1. The molecule has 1 aromatic heterocycles.